The third kappa shape index (κ3) is 5.69. The van der Waals surface area contributed by atoms with Gasteiger partial charge in [0, 0.05) is 15.8 Å². The lowest BCUT2D eigenvalue weighted by Gasteiger charge is -2.21. The summed E-state index contributed by atoms with van der Waals surface area (Å²) < 4.78 is 0.969. The highest BCUT2D eigenvalue weighted by Gasteiger charge is 2.24. The average Bonchev–Trinajstić information content (AvgIpc) is 2.57. The molecular weight excluding hydrogens is 382 g/mol. The number of hydrogen-bond donors (Lipinski definition) is 3. The Bertz CT molecular complexity index is 750. The summed E-state index contributed by atoms with van der Waals surface area (Å²) in [4.78, 5) is 25.4. The normalized spacial score (nSPS) is 13.0. The monoisotopic (exact) mass is 404 g/mol. The third-order valence-corrected chi connectivity index (χ3v) is 4.57. The van der Waals surface area contributed by atoms with Crippen molar-refractivity contribution in [3.8, 4) is 0 Å². The van der Waals surface area contributed by atoms with Crippen LogP contribution in [0.1, 0.15) is 12.5 Å². The molecule has 0 aliphatic heterocycles. The second kappa shape index (κ2) is 8.78. The van der Waals surface area contributed by atoms with Gasteiger partial charge in [-0.15, -0.1) is 0 Å². The zero-order valence-corrected chi connectivity index (χ0v) is 16.2. The van der Waals surface area contributed by atoms with Crippen LogP contribution < -0.4 is 15.5 Å². The van der Waals surface area contributed by atoms with Gasteiger partial charge in [-0.25, -0.2) is 0 Å². The molecule has 0 saturated carbocycles. The molecule has 0 radical (unpaired) electrons. The number of likely N-dealkylation sites (N-methyl/N-ethyl adjacent to an activating group) is 1. The number of amides is 2. The Labute approximate surface area is 156 Å². The molecule has 25 heavy (non-hydrogen) atoms. The first-order valence-electron chi connectivity index (χ1n) is 8.11. The molecule has 3 N–H and O–H groups in total. The van der Waals surface area contributed by atoms with E-state index in [2.05, 4.69) is 26.6 Å². The Morgan fingerprint density at radius 2 is 1.80 bits per heavy atom. The lowest BCUT2D eigenvalue weighted by molar-refractivity contribution is -0.885. The lowest BCUT2D eigenvalue weighted by atomic mass is 10.2. The van der Waals surface area contributed by atoms with E-state index in [0.717, 1.165) is 26.3 Å². The van der Waals surface area contributed by atoms with Crippen molar-refractivity contribution in [2.75, 3.05) is 24.2 Å². The number of aryl methyl sites for hydroxylation is 1. The van der Waals surface area contributed by atoms with E-state index in [4.69, 9.17) is 0 Å². The number of rotatable bonds is 6. The summed E-state index contributed by atoms with van der Waals surface area (Å²) in [5, 5.41) is 5.76. The molecule has 0 aromatic heterocycles. The van der Waals surface area contributed by atoms with E-state index in [1.807, 2.05) is 69.4 Å². The van der Waals surface area contributed by atoms with Crippen LogP contribution in [0.2, 0.25) is 0 Å². The predicted molar refractivity (Wildman–Crippen MR) is 104 cm³/mol. The van der Waals surface area contributed by atoms with Crippen LogP contribution in [0.4, 0.5) is 11.4 Å². The standard InChI is InChI=1S/C19H22BrN3O2/c1-13-11-15(20)9-10-17(13)22-18(24)12-23(3)14(2)19(25)21-16-7-5-4-6-8-16/h4-11,14H,12H2,1-3H3,(H,21,25)(H,22,24)/p+1/t14-/m1/s1. The average molecular weight is 405 g/mol. The van der Waals surface area contributed by atoms with Crippen molar-refractivity contribution in [3.05, 3.63) is 58.6 Å². The SMILES string of the molecule is Cc1cc(Br)ccc1NC(=O)C[NH+](C)[C@H](C)C(=O)Nc1ccccc1. The van der Waals surface area contributed by atoms with Gasteiger partial charge in [-0.3, -0.25) is 9.59 Å². The molecule has 2 rings (SSSR count). The molecule has 1 unspecified atom stereocenters. The highest BCUT2D eigenvalue weighted by Crippen LogP contribution is 2.19. The summed E-state index contributed by atoms with van der Waals surface area (Å²) in [6.45, 7) is 3.96. The Hall–Kier alpha value is -2.18. The van der Waals surface area contributed by atoms with Gasteiger partial charge in [0.25, 0.3) is 11.8 Å². The van der Waals surface area contributed by atoms with Crippen LogP contribution in [0.5, 0.6) is 0 Å². The third-order valence-electron chi connectivity index (χ3n) is 4.08. The van der Waals surface area contributed by atoms with Crippen molar-refractivity contribution in [2.24, 2.45) is 0 Å². The molecule has 6 heteroatoms. The number of para-hydroxylation sites is 1. The predicted octanol–water partition coefficient (Wildman–Crippen LogP) is 2.24. The second-order valence-corrected chi connectivity index (χ2v) is 7.02. The number of anilines is 2. The molecule has 0 bridgehead atoms. The Balaban J connectivity index is 1.90. The van der Waals surface area contributed by atoms with Gasteiger partial charge in [0.2, 0.25) is 0 Å². The molecule has 0 heterocycles. The largest absolute Gasteiger partial charge is 0.321 e. The maximum Gasteiger partial charge on any atom is 0.282 e. The van der Waals surface area contributed by atoms with Crippen molar-refractivity contribution >= 4 is 39.1 Å². The Morgan fingerprint density at radius 3 is 2.44 bits per heavy atom. The topological polar surface area (TPSA) is 62.6 Å². The number of nitrogens with one attached hydrogen (secondary N) is 3. The van der Waals surface area contributed by atoms with Gasteiger partial charge in [0.1, 0.15) is 0 Å². The van der Waals surface area contributed by atoms with Crippen molar-refractivity contribution in [3.63, 3.8) is 0 Å². The summed E-state index contributed by atoms with van der Waals surface area (Å²) in [6, 6.07) is 14.6. The minimum atomic E-state index is -0.350. The first-order valence-corrected chi connectivity index (χ1v) is 8.90. The Kier molecular flexibility index (Phi) is 6.73. The van der Waals surface area contributed by atoms with Gasteiger partial charge in [-0.1, -0.05) is 34.1 Å². The molecule has 2 aromatic carbocycles. The van der Waals surface area contributed by atoms with E-state index in [1.54, 1.807) is 0 Å². The fourth-order valence-electron chi connectivity index (χ4n) is 2.36. The quantitative estimate of drug-likeness (QED) is 0.691. The van der Waals surface area contributed by atoms with E-state index in [-0.39, 0.29) is 24.4 Å². The van der Waals surface area contributed by atoms with Crippen LogP contribution >= 0.6 is 15.9 Å². The smallest absolute Gasteiger partial charge is 0.282 e. The van der Waals surface area contributed by atoms with Crippen molar-refractivity contribution < 1.29 is 14.5 Å². The number of halogens is 1. The van der Waals surface area contributed by atoms with Crippen molar-refractivity contribution in [1.82, 2.24) is 0 Å². The molecule has 2 amide bonds. The summed E-state index contributed by atoms with van der Waals surface area (Å²) >= 11 is 3.40. The summed E-state index contributed by atoms with van der Waals surface area (Å²) in [7, 11) is 1.84. The molecule has 0 fully saturated rings. The molecule has 0 aliphatic carbocycles. The summed E-state index contributed by atoms with van der Waals surface area (Å²) in [6.07, 6.45) is 0. The minimum Gasteiger partial charge on any atom is -0.321 e. The van der Waals surface area contributed by atoms with Crippen LogP contribution in [-0.2, 0) is 9.59 Å². The van der Waals surface area contributed by atoms with Crippen LogP contribution in [-0.4, -0.2) is 31.4 Å². The molecule has 0 aliphatic rings. The molecular formula is C19H23BrN3O2+. The lowest BCUT2D eigenvalue weighted by Crippen LogP contribution is -3.14. The molecule has 5 nitrogen and oxygen atoms in total. The van der Waals surface area contributed by atoms with Crippen molar-refractivity contribution in [1.29, 1.82) is 0 Å². The maximum atomic E-state index is 12.3. The maximum absolute atomic E-state index is 12.3. The number of carbonyl (C=O) groups excluding carboxylic acids is 2. The van der Waals surface area contributed by atoms with Crippen LogP contribution in [0.15, 0.2) is 53.0 Å². The van der Waals surface area contributed by atoms with Gasteiger partial charge < -0.3 is 15.5 Å². The summed E-state index contributed by atoms with van der Waals surface area (Å²) in [5.74, 6) is -0.237. The Morgan fingerprint density at radius 1 is 1.12 bits per heavy atom. The summed E-state index contributed by atoms with van der Waals surface area (Å²) in [5.41, 5.74) is 2.51. The highest BCUT2D eigenvalue weighted by atomic mass is 79.9. The first kappa shape index (κ1) is 19.1. The van der Waals surface area contributed by atoms with Gasteiger partial charge >= 0.3 is 0 Å². The van der Waals surface area contributed by atoms with E-state index < -0.39 is 0 Å². The minimum absolute atomic E-state index is 0.115. The molecule has 2 aromatic rings. The van der Waals surface area contributed by atoms with Crippen molar-refractivity contribution in [2.45, 2.75) is 19.9 Å². The van der Waals surface area contributed by atoms with E-state index >= 15 is 0 Å². The molecule has 2 atom stereocenters. The number of quaternary nitrogens is 1. The van der Waals surface area contributed by atoms with Gasteiger partial charge in [0.05, 0.1) is 7.05 Å². The van der Waals surface area contributed by atoms with E-state index in [9.17, 15) is 9.59 Å². The fourth-order valence-corrected chi connectivity index (χ4v) is 2.84. The van der Waals surface area contributed by atoms with Crippen LogP contribution in [0.3, 0.4) is 0 Å². The number of benzene rings is 2. The molecule has 132 valence electrons. The fraction of sp³-hybridized carbons (Fsp3) is 0.263. The molecule has 0 spiro atoms. The van der Waals surface area contributed by atoms with Crippen LogP contribution in [0.25, 0.3) is 0 Å². The zero-order chi connectivity index (χ0) is 18.4. The number of hydrogen-bond acceptors (Lipinski definition) is 2. The first-order chi connectivity index (χ1) is 11.9. The molecule has 0 saturated heterocycles. The van der Waals surface area contributed by atoms with E-state index in [1.165, 1.54) is 0 Å². The van der Waals surface area contributed by atoms with Gasteiger partial charge in [-0.2, -0.15) is 0 Å². The van der Waals surface area contributed by atoms with Crippen LogP contribution in [0, 0.1) is 6.92 Å². The van der Waals surface area contributed by atoms with E-state index in [0.29, 0.717) is 0 Å². The van der Waals surface area contributed by atoms with Gasteiger partial charge in [0.15, 0.2) is 12.6 Å². The second-order valence-electron chi connectivity index (χ2n) is 6.11. The zero-order valence-electron chi connectivity index (χ0n) is 14.6. The highest BCUT2D eigenvalue weighted by molar-refractivity contribution is 9.10. The number of carbonyl (C=O) groups is 2. The van der Waals surface area contributed by atoms with Gasteiger partial charge in [-0.05, 0) is 49.7 Å².